The molecule has 0 bridgehead atoms. The third-order valence-electron chi connectivity index (χ3n) is 0.154. The fraction of sp³-hybridized carbons (Fsp3) is 1.00. The molecule has 0 aliphatic carbocycles. The number of hydrogen-bond acceptors (Lipinski definition) is 0. The van der Waals surface area contributed by atoms with Crippen molar-refractivity contribution >= 4 is 22.5 Å². The van der Waals surface area contributed by atoms with Crippen molar-refractivity contribution in [1.82, 2.24) is 0 Å². The molecule has 1 unspecified atom stereocenters. The highest BCUT2D eigenvalue weighted by molar-refractivity contribution is 8.02. The van der Waals surface area contributed by atoms with Gasteiger partial charge in [0.2, 0.25) is 0 Å². The first-order valence-corrected chi connectivity index (χ1v) is 3.11. The second-order valence-corrected chi connectivity index (χ2v) is 2.29. The lowest BCUT2D eigenvalue weighted by molar-refractivity contribution is 0.894. The van der Waals surface area contributed by atoms with E-state index >= 15 is 0 Å². The Kier molecular flexibility index (Phi) is 2.98. The van der Waals surface area contributed by atoms with Crippen LogP contribution in [0.15, 0.2) is 0 Å². The van der Waals surface area contributed by atoms with E-state index in [1.54, 1.807) is 6.66 Å². The lowest BCUT2D eigenvalue weighted by atomic mass is 10.6. The average molecular weight is 86.6 g/mol. The number of hydrogen-bond donors (Lipinski definition) is 0. The van der Waals surface area contributed by atoms with E-state index in [2.05, 4.69) is 0 Å². The van der Waals surface area contributed by atoms with Crippen molar-refractivity contribution in [1.29, 1.82) is 0 Å². The summed E-state index contributed by atoms with van der Waals surface area (Å²) in [6.45, 7) is 1.63. The van der Waals surface area contributed by atoms with E-state index in [9.17, 15) is 4.32 Å². The summed E-state index contributed by atoms with van der Waals surface area (Å²) in [6, 6.07) is 0. The average Bonchev–Trinajstić information content (AvgIpc) is 1.38. The predicted octanol–water partition coefficient (Wildman–Crippen LogP) is 0.685. The summed E-state index contributed by atoms with van der Waals surface area (Å²) in [7, 11) is 4.55. The van der Waals surface area contributed by atoms with Gasteiger partial charge in [-0.3, -0.25) is 0 Å². The second kappa shape index (κ2) is 2.71. The van der Waals surface area contributed by atoms with Crippen LogP contribution in [0.2, 0.25) is 0 Å². The predicted molar refractivity (Wildman–Crippen MR) is 25.5 cm³/mol. The fourth-order valence-electron chi connectivity index (χ4n) is 0. The van der Waals surface area contributed by atoms with Gasteiger partial charge in [-0.05, 0) is 0 Å². The quantitative estimate of drug-likeness (QED) is 0.325. The zero-order valence-electron chi connectivity index (χ0n) is 2.98. The van der Waals surface area contributed by atoms with Gasteiger partial charge < -0.3 is 4.32 Å². The molecular weight excluding hydrogens is 83.6 g/mol. The summed E-state index contributed by atoms with van der Waals surface area (Å²) in [5, 5.41) is 0. The minimum atomic E-state index is -0.890. The van der Waals surface area contributed by atoms with Crippen LogP contribution in [0.3, 0.4) is 0 Å². The highest BCUT2D eigenvalue weighted by Crippen LogP contribution is 2.18. The van der Waals surface area contributed by atoms with Crippen LogP contribution in [0.4, 0.5) is 4.32 Å². The lowest BCUT2D eigenvalue weighted by Crippen LogP contribution is -1.71. The van der Waals surface area contributed by atoms with Gasteiger partial charge in [-0.25, -0.2) is 0 Å². The maximum atomic E-state index is 10.9. The van der Waals surface area contributed by atoms with Crippen molar-refractivity contribution < 1.29 is 4.32 Å². The number of halogens is 1. The molecule has 0 aromatic carbocycles. The minimum Gasteiger partial charge on any atom is -0.336 e. The largest absolute Gasteiger partial charge is 0.375 e. The molecule has 0 nitrogen and oxygen atoms in total. The zero-order chi connectivity index (χ0) is 4.28. The summed E-state index contributed by atoms with van der Waals surface area (Å²) in [6.07, 6.45) is 0. The molecule has 0 aliphatic rings. The topological polar surface area (TPSA) is 0 Å². The van der Waals surface area contributed by atoms with E-state index in [4.69, 9.17) is 7.57 Å². The number of rotatable bonds is 1. The highest BCUT2D eigenvalue weighted by atomic mass is 31.1. The van der Waals surface area contributed by atoms with Gasteiger partial charge in [0.15, 0.2) is 0 Å². The Labute approximate surface area is 34.5 Å². The molecule has 3 radical (unpaired) electrons. The first-order valence-electron chi connectivity index (χ1n) is 1.18. The minimum absolute atomic E-state index is 0.509. The molecule has 4 heteroatoms. The monoisotopic (exact) mass is 87.0 g/mol. The van der Waals surface area contributed by atoms with E-state index in [0.29, 0.717) is 7.28 Å². The van der Waals surface area contributed by atoms with Gasteiger partial charge >= 0.3 is 7.28 Å². The molecule has 0 heterocycles. The first kappa shape index (κ1) is 5.49. The molecule has 0 amide bonds. The van der Waals surface area contributed by atoms with Gasteiger partial charge in [-0.1, -0.05) is 6.66 Å². The highest BCUT2D eigenvalue weighted by Gasteiger charge is 1.88. The van der Waals surface area contributed by atoms with Gasteiger partial charge in [0.25, 0.3) is 0 Å². The van der Waals surface area contributed by atoms with Crippen LogP contribution in [0.25, 0.3) is 0 Å². The Hall–Kier alpha value is 0.490. The molecule has 0 spiro atoms. The molecular formula is CH3B2FP. The summed E-state index contributed by atoms with van der Waals surface area (Å²) in [5.74, 6) is 0. The van der Waals surface area contributed by atoms with Crippen LogP contribution in [-0.2, 0) is 0 Å². The van der Waals surface area contributed by atoms with E-state index < -0.39 is 7.68 Å². The molecule has 0 rings (SSSR count). The van der Waals surface area contributed by atoms with Crippen LogP contribution < -0.4 is 0 Å². The zero-order valence-corrected chi connectivity index (χ0v) is 3.87. The molecule has 25 valence electrons. The molecule has 0 aromatic heterocycles. The normalized spacial score (nSPS) is 14.0. The van der Waals surface area contributed by atoms with Gasteiger partial charge in [0, 0.05) is 0 Å². The molecule has 0 fully saturated rings. The Morgan fingerprint density at radius 2 is 2.20 bits per heavy atom. The van der Waals surface area contributed by atoms with Crippen LogP contribution in [0, 0.1) is 0 Å². The van der Waals surface area contributed by atoms with Crippen molar-refractivity contribution in [2.24, 2.45) is 0 Å². The van der Waals surface area contributed by atoms with Crippen LogP contribution >= 0.6 is 7.68 Å². The molecule has 0 N–H and O–H groups in total. The SMILES string of the molecule is [B]P(C)[B]F. The van der Waals surface area contributed by atoms with E-state index in [1.165, 1.54) is 0 Å². The standard InChI is InChI=1S/CH3B2FP/c1-5(2)3-4/h1H3. The molecule has 0 aromatic rings. The molecule has 1 atom stereocenters. The van der Waals surface area contributed by atoms with Crippen molar-refractivity contribution in [2.75, 3.05) is 6.66 Å². The van der Waals surface area contributed by atoms with Crippen molar-refractivity contribution in [3.05, 3.63) is 0 Å². The molecule has 5 heavy (non-hydrogen) atoms. The first-order chi connectivity index (χ1) is 2.27. The molecule has 0 saturated carbocycles. The van der Waals surface area contributed by atoms with Gasteiger partial charge in [0.1, 0.15) is 0 Å². The van der Waals surface area contributed by atoms with Gasteiger partial charge in [0.05, 0.1) is 7.57 Å². The fourth-order valence-corrected chi connectivity index (χ4v) is 0. The molecule has 0 aliphatic heterocycles. The lowest BCUT2D eigenvalue weighted by Gasteiger charge is -1.86. The second-order valence-electron chi connectivity index (χ2n) is 0.763. The smallest absolute Gasteiger partial charge is 0.336 e. The third kappa shape index (κ3) is 4.49. The Morgan fingerprint density at radius 1 is 2.00 bits per heavy atom. The maximum Gasteiger partial charge on any atom is 0.375 e. The van der Waals surface area contributed by atoms with Crippen LogP contribution in [-0.4, -0.2) is 21.5 Å². The van der Waals surface area contributed by atoms with E-state index in [1.807, 2.05) is 0 Å². The summed E-state index contributed by atoms with van der Waals surface area (Å²) < 4.78 is 10.9. The summed E-state index contributed by atoms with van der Waals surface area (Å²) in [4.78, 5) is 0. The van der Waals surface area contributed by atoms with E-state index in [-0.39, 0.29) is 0 Å². The van der Waals surface area contributed by atoms with Crippen LogP contribution in [0.5, 0.6) is 0 Å². The van der Waals surface area contributed by atoms with Crippen molar-refractivity contribution in [3.8, 4) is 0 Å². The summed E-state index contributed by atoms with van der Waals surface area (Å²) in [5.41, 5.74) is 0. The van der Waals surface area contributed by atoms with Crippen molar-refractivity contribution in [2.45, 2.75) is 0 Å². The maximum absolute atomic E-state index is 10.9. The van der Waals surface area contributed by atoms with Gasteiger partial charge in [-0.2, -0.15) is 7.68 Å². The van der Waals surface area contributed by atoms with Crippen LogP contribution in [0.1, 0.15) is 0 Å². The molecule has 0 saturated heterocycles. The Bertz CT molecular complexity index is 23.6. The van der Waals surface area contributed by atoms with Crippen molar-refractivity contribution in [3.63, 3.8) is 0 Å². The third-order valence-corrected chi connectivity index (χ3v) is 0.462. The summed E-state index contributed by atoms with van der Waals surface area (Å²) >= 11 is 0. The van der Waals surface area contributed by atoms with E-state index in [0.717, 1.165) is 0 Å². The Balaban J connectivity index is 2.54. The van der Waals surface area contributed by atoms with Gasteiger partial charge in [-0.15, -0.1) is 0 Å². The Morgan fingerprint density at radius 3 is 2.20 bits per heavy atom.